The smallest absolute Gasteiger partial charge is 0.0583 e. The Morgan fingerprint density at radius 3 is 2.33 bits per heavy atom. The molecule has 0 spiro atoms. The van der Waals surface area contributed by atoms with E-state index in [1.807, 2.05) is 0 Å². The van der Waals surface area contributed by atoms with Crippen LogP contribution in [0, 0.1) is 11.8 Å². The molecule has 1 fully saturated rings. The Bertz CT molecular complexity index is 150. The summed E-state index contributed by atoms with van der Waals surface area (Å²) in [5.41, 5.74) is 0. The molecule has 72 valence electrons. The van der Waals surface area contributed by atoms with E-state index in [2.05, 4.69) is 33.4 Å². The number of rotatable bonds is 1. The summed E-state index contributed by atoms with van der Waals surface area (Å²) in [6.07, 6.45) is 3.18. The lowest BCUT2D eigenvalue weighted by Gasteiger charge is -2.39. The predicted octanol–water partition coefficient (Wildman–Crippen LogP) is 2.49. The first kappa shape index (κ1) is 10.4. The summed E-state index contributed by atoms with van der Waals surface area (Å²) in [6.45, 7) is 6.41. The Balaban J connectivity index is 2.57. The van der Waals surface area contributed by atoms with Gasteiger partial charge in [-0.25, -0.2) is 0 Å². The van der Waals surface area contributed by atoms with E-state index in [9.17, 15) is 5.11 Å². The molecule has 0 aromatic rings. The van der Waals surface area contributed by atoms with Crippen molar-refractivity contribution < 1.29 is 5.11 Å². The Morgan fingerprint density at radius 2 is 1.92 bits per heavy atom. The van der Waals surface area contributed by atoms with Gasteiger partial charge < -0.3 is 5.11 Å². The fourth-order valence-corrected chi connectivity index (χ4v) is 2.48. The van der Waals surface area contributed by atoms with Crippen LogP contribution in [0.4, 0.5) is 0 Å². The maximum Gasteiger partial charge on any atom is 0.0583 e. The largest absolute Gasteiger partial charge is 0.393 e. The summed E-state index contributed by atoms with van der Waals surface area (Å²) in [5.74, 6) is 1.06. The summed E-state index contributed by atoms with van der Waals surface area (Å²) in [6, 6.07) is 0. The highest BCUT2D eigenvalue weighted by Gasteiger charge is 2.35. The van der Waals surface area contributed by atoms with E-state index in [1.165, 1.54) is 6.42 Å². The maximum absolute atomic E-state index is 9.83. The van der Waals surface area contributed by atoms with Crippen molar-refractivity contribution in [1.82, 2.24) is 0 Å². The van der Waals surface area contributed by atoms with Crippen LogP contribution < -0.4 is 0 Å². The molecule has 1 saturated carbocycles. The number of hydrogen-bond acceptors (Lipinski definition) is 2. The van der Waals surface area contributed by atoms with E-state index < -0.39 is 0 Å². The minimum absolute atomic E-state index is 0.0282. The van der Waals surface area contributed by atoms with Gasteiger partial charge in [0.1, 0.15) is 0 Å². The summed E-state index contributed by atoms with van der Waals surface area (Å²) in [5, 5.41) is 9.83. The third-order valence-corrected chi connectivity index (χ3v) is 3.32. The SMILES string of the molecule is C[C@H]1CCC(C(C)(C)S)[C@H](O)C1. The van der Waals surface area contributed by atoms with Gasteiger partial charge in [0.05, 0.1) is 6.10 Å². The summed E-state index contributed by atoms with van der Waals surface area (Å²) >= 11 is 4.53. The second-order valence-electron chi connectivity index (χ2n) is 4.75. The molecular formula is C10H20OS. The first-order valence-corrected chi connectivity index (χ1v) is 5.26. The number of aliphatic hydroxyl groups is 1. The molecule has 0 radical (unpaired) electrons. The highest BCUT2D eigenvalue weighted by atomic mass is 32.1. The van der Waals surface area contributed by atoms with Gasteiger partial charge in [0.25, 0.3) is 0 Å². The summed E-state index contributed by atoms with van der Waals surface area (Å²) < 4.78 is -0.0282. The summed E-state index contributed by atoms with van der Waals surface area (Å²) in [7, 11) is 0. The van der Waals surface area contributed by atoms with Crippen molar-refractivity contribution in [3.05, 3.63) is 0 Å². The first-order valence-electron chi connectivity index (χ1n) is 4.81. The van der Waals surface area contributed by atoms with E-state index >= 15 is 0 Å². The van der Waals surface area contributed by atoms with E-state index in [0.29, 0.717) is 11.8 Å². The van der Waals surface area contributed by atoms with Crippen LogP contribution in [0.3, 0.4) is 0 Å². The number of hydrogen-bond donors (Lipinski definition) is 2. The van der Waals surface area contributed by atoms with E-state index in [4.69, 9.17) is 0 Å². The van der Waals surface area contributed by atoms with Gasteiger partial charge in [0, 0.05) is 4.75 Å². The molecule has 1 nitrogen and oxygen atoms in total. The fourth-order valence-electron chi connectivity index (χ4n) is 2.17. The quantitative estimate of drug-likeness (QED) is 0.606. The second kappa shape index (κ2) is 3.59. The monoisotopic (exact) mass is 188 g/mol. The normalized spacial score (nSPS) is 38.2. The molecule has 1 aliphatic carbocycles. The zero-order valence-corrected chi connectivity index (χ0v) is 9.14. The zero-order chi connectivity index (χ0) is 9.35. The molecular weight excluding hydrogens is 168 g/mol. The van der Waals surface area contributed by atoms with Crippen molar-refractivity contribution in [3.63, 3.8) is 0 Å². The lowest BCUT2D eigenvalue weighted by atomic mass is 9.75. The van der Waals surface area contributed by atoms with Crippen LogP contribution in [0.1, 0.15) is 40.0 Å². The fraction of sp³-hybridized carbons (Fsp3) is 1.00. The molecule has 1 N–H and O–H groups in total. The average Bonchev–Trinajstić information content (AvgIpc) is 1.83. The molecule has 0 aromatic carbocycles. The standard InChI is InChI=1S/C10H20OS/c1-7-4-5-8(9(11)6-7)10(2,3)12/h7-9,11-12H,4-6H2,1-3H3/t7-,8?,9+/m0/s1. The average molecular weight is 188 g/mol. The van der Waals surface area contributed by atoms with Gasteiger partial charge in [-0.3, -0.25) is 0 Å². The molecule has 0 aliphatic heterocycles. The van der Waals surface area contributed by atoms with Crippen LogP contribution in [-0.4, -0.2) is 16.0 Å². The highest BCUT2D eigenvalue weighted by Crippen LogP contribution is 2.38. The molecule has 1 unspecified atom stereocenters. The predicted molar refractivity (Wildman–Crippen MR) is 55.6 cm³/mol. The molecule has 0 heterocycles. The van der Waals surface area contributed by atoms with Crippen molar-refractivity contribution >= 4 is 12.6 Å². The minimum Gasteiger partial charge on any atom is -0.393 e. The topological polar surface area (TPSA) is 20.2 Å². The van der Waals surface area contributed by atoms with Crippen LogP contribution in [0.25, 0.3) is 0 Å². The highest BCUT2D eigenvalue weighted by molar-refractivity contribution is 7.81. The van der Waals surface area contributed by atoms with Gasteiger partial charge in [-0.2, -0.15) is 12.6 Å². The van der Waals surface area contributed by atoms with Crippen LogP contribution in [0.2, 0.25) is 0 Å². The van der Waals surface area contributed by atoms with Gasteiger partial charge in [0.15, 0.2) is 0 Å². The van der Waals surface area contributed by atoms with Crippen molar-refractivity contribution in [2.45, 2.75) is 50.9 Å². The third kappa shape index (κ3) is 2.40. The van der Waals surface area contributed by atoms with Crippen molar-refractivity contribution in [2.75, 3.05) is 0 Å². The van der Waals surface area contributed by atoms with Gasteiger partial charge >= 0.3 is 0 Å². The molecule has 0 amide bonds. The molecule has 0 aromatic heterocycles. The van der Waals surface area contributed by atoms with Crippen LogP contribution >= 0.6 is 12.6 Å². The molecule has 12 heavy (non-hydrogen) atoms. The second-order valence-corrected chi connectivity index (χ2v) is 5.90. The van der Waals surface area contributed by atoms with Crippen molar-refractivity contribution in [3.8, 4) is 0 Å². The first-order chi connectivity index (χ1) is 5.41. The van der Waals surface area contributed by atoms with Crippen molar-refractivity contribution in [2.24, 2.45) is 11.8 Å². The molecule has 1 rings (SSSR count). The van der Waals surface area contributed by atoms with Gasteiger partial charge in [-0.1, -0.05) is 27.2 Å². The van der Waals surface area contributed by atoms with Gasteiger partial charge in [-0.15, -0.1) is 0 Å². The van der Waals surface area contributed by atoms with Crippen molar-refractivity contribution in [1.29, 1.82) is 0 Å². The van der Waals surface area contributed by atoms with Crippen LogP contribution in [0.15, 0.2) is 0 Å². The van der Waals surface area contributed by atoms with Crippen LogP contribution in [0.5, 0.6) is 0 Å². The van der Waals surface area contributed by atoms with Gasteiger partial charge in [-0.05, 0) is 24.7 Å². The molecule has 2 heteroatoms. The molecule has 0 bridgehead atoms. The van der Waals surface area contributed by atoms with E-state index in [-0.39, 0.29) is 10.9 Å². The van der Waals surface area contributed by atoms with E-state index in [1.54, 1.807) is 0 Å². The molecule has 3 atom stereocenters. The third-order valence-electron chi connectivity index (χ3n) is 2.99. The number of thiol groups is 1. The minimum atomic E-state index is -0.138. The van der Waals surface area contributed by atoms with Gasteiger partial charge in [0.2, 0.25) is 0 Å². The maximum atomic E-state index is 9.83. The zero-order valence-electron chi connectivity index (χ0n) is 8.25. The lowest BCUT2D eigenvalue weighted by Crippen LogP contribution is -2.39. The Hall–Kier alpha value is 0.310. The Labute approximate surface area is 81.0 Å². The summed E-state index contributed by atoms with van der Waals surface area (Å²) in [4.78, 5) is 0. The van der Waals surface area contributed by atoms with Crippen LogP contribution in [-0.2, 0) is 0 Å². The Morgan fingerprint density at radius 1 is 1.33 bits per heavy atom. The molecule has 1 aliphatic rings. The van der Waals surface area contributed by atoms with E-state index in [0.717, 1.165) is 12.8 Å². The number of aliphatic hydroxyl groups excluding tert-OH is 1. The Kier molecular flexibility index (Phi) is 3.11. The lowest BCUT2D eigenvalue weighted by molar-refractivity contribution is 0.0353. The molecule has 0 saturated heterocycles.